The minimum Gasteiger partial charge on any atom is -0.479 e. The zero-order valence-electron chi connectivity index (χ0n) is 11.1. The Morgan fingerprint density at radius 2 is 1.95 bits per heavy atom. The van der Waals surface area contributed by atoms with Crippen molar-refractivity contribution in [2.75, 3.05) is 11.4 Å². The number of carbonyl (C=O) groups is 2. The van der Waals surface area contributed by atoms with Gasteiger partial charge < -0.3 is 14.7 Å². The van der Waals surface area contributed by atoms with Gasteiger partial charge in [0.05, 0.1) is 0 Å². The number of aryl methyl sites for hydroxylation is 1. The average Bonchev–Trinajstić information content (AvgIpc) is 2.96. The van der Waals surface area contributed by atoms with Gasteiger partial charge in [0.1, 0.15) is 6.10 Å². The number of nitrogens with zero attached hydrogens (tertiary/aromatic N) is 1. The molecule has 5 nitrogen and oxygen atoms in total. The Balaban J connectivity index is 1.78. The van der Waals surface area contributed by atoms with Gasteiger partial charge in [0.15, 0.2) is 6.10 Å². The van der Waals surface area contributed by atoms with Crippen LogP contribution in [0.25, 0.3) is 0 Å². The average molecular weight is 275 g/mol. The van der Waals surface area contributed by atoms with E-state index in [1.165, 1.54) is 5.56 Å². The fourth-order valence-electron chi connectivity index (χ4n) is 2.94. The zero-order chi connectivity index (χ0) is 14.1. The van der Waals surface area contributed by atoms with Crippen LogP contribution < -0.4 is 4.90 Å². The largest absolute Gasteiger partial charge is 0.479 e. The van der Waals surface area contributed by atoms with Crippen molar-refractivity contribution in [3.05, 3.63) is 29.8 Å². The van der Waals surface area contributed by atoms with Gasteiger partial charge in [-0.3, -0.25) is 4.79 Å². The number of ether oxygens (including phenoxy) is 1. The van der Waals surface area contributed by atoms with Gasteiger partial charge >= 0.3 is 5.97 Å². The normalized spacial score (nSPS) is 25.3. The van der Waals surface area contributed by atoms with E-state index in [0.29, 0.717) is 19.4 Å². The summed E-state index contributed by atoms with van der Waals surface area (Å²) in [5, 5.41) is 8.93. The molecule has 0 radical (unpaired) electrons. The van der Waals surface area contributed by atoms with E-state index in [2.05, 4.69) is 0 Å². The summed E-state index contributed by atoms with van der Waals surface area (Å²) in [5.74, 6) is -1.10. The third-order valence-electron chi connectivity index (χ3n) is 3.95. The molecule has 2 aliphatic rings. The summed E-state index contributed by atoms with van der Waals surface area (Å²) in [7, 11) is 0. The van der Waals surface area contributed by atoms with E-state index >= 15 is 0 Å². The van der Waals surface area contributed by atoms with Crippen molar-refractivity contribution in [1.29, 1.82) is 0 Å². The maximum atomic E-state index is 12.5. The molecule has 2 atom stereocenters. The van der Waals surface area contributed by atoms with E-state index in [1.807, 2.05) is 24.3 Å². The summed E-state index contributed by atoms with van der Waals surface area (Å²) < 4.78 is 5.36. The summed E-state index contributed by atoms with van der Waals surface area (Å²) in [4.78, 5) is 25.2. The molecule has 0 unspecified atom stereocenters. The highest BCUT2D eigenvalue weighted by Gasteiger charge is 2.38. The molecule has 5 heteroatoms. The maximum absolute atomic E-state index is 12.5. The number of anilines is 1. The van der Waals surface area contributed by atoms with Gasteiger partial charge in [-0.2, -0.15) is 0 Å². The molecule has 0 bridgehead atoms. The van der Waals surface area contributed by atoms with E-state index in [-0.39, 0.29) is 5.91 Å². The Hall–Kier alpha value is -1.88. The van der Waals surface area contributed by atoms with Gasteiger partial charge in [-0.05, 0) is 37.3 Å². The number of carbonyl (C=O) groups excluding carboxylic acids is 1. The van der Waals surface area contributed by atoms with E-state index in [0.717, 1.165) is 18.5 Å². The van der Waals surface area contributed by atoms with Crippen LogP contribution in [0.3, 0.4) is 0 Å². The first-order valence-corrected chi connectivity index (χ1v) is 6.94. The Morgan fingerprint density at radius 3 is 2.70 bits per heavy atom. The lowest BCUT2D eigenvalue weighted by atomic mass is 10.0. The monoisotopic (exact) mass is 275 g/mol. The fraction of sp³-hybridized carbons (Fsp3) is 0.467. The molecule has 1 aromatic carbocycles. The van der Waals surface area contributed by atoms with Crippen LogP contribution in [0.15, 0.2) is 24.3 Å². The van der Waals surface area contributed by atoms with Crippen LogP contribution in [0.4, 0.5) is 5.69 Å². The minimum atomic E-state index is -0.987. The minimum absolute atomic E-state index is 0.110. The molecule has 106 valence electrons. The van der Waals surface area contributed by atoms with Crippen molar-refractivity contribution in [1.82, 2.24) is 0 Å². The molecule has 2 heterocycles. The molecule has 1 fully saturated rings. The second-order valence-corrected chi connectivity index (χ2v) is 5.25. The highest BCUT2D eigenvalue weighted by molar-refractivity contribution is 5.98. The van der Waals surface area contributed by atoms with Crippen LogP contribution in [0.2, 0.25) is 0 Å². The predicted octanol–water partition coefficient (Wildman–Crippen LogP) is 1.60. The van der Waals surface area contributed by atoms with E-state index in [9.17, 15) is 9.59 Å². The summed E-state index contributed by atoms with van der Waals surface area (Å²) in [6.07, 6.45) is 1.32. The van der Waals surface area contributed by atoms with Gasteiger partial charge in [0.25, 0.3) is 5.91 Å². The highest BCUT2D eigenvalue weighted by Crippen LogP contribution is 2.30. The second-order valence-electron chi connectivity index (χ2n) is 5.25. The highest BCUT2D eigenvalue weighted by atomic mass is 16.5. The van der Waals surface area contributed by atoms with E-state index in [1.54, 1.807) is 4.90 Å². The van der Waals surface area contributed by atoms with Gasteiger partial charge in [0.2, 0.25) is 0 Å². The number of hydrogen-bond acceptors (Lipinski definition) is 3. The summed E-state index contributed by atoms with van der Waals surface area (Å²) in [5.41, 5.74) is 2.10. The summed E-state index contributed by atoms with van der Waals surface area (Å²) in [6.45, 7) is 0.674. The third-order valence-corrected chi connectivity index (χ3v) is 3.95. The van der Waals surface area contributed by atoms with Crippen molar-refractivity contribution in [2.24, 2.45) is 0 Å². The first kappa shape index (κ1) is 13.1. The fourth-order valence-corrected chi connectivity index (χ4v) is 2.94. The summed E-state index contributed by atoms with van der Waals surface area (Å²) >= 11 is 0. The van der Waals surface area contributed by atoms with Crippen molar-refractivity contribution in [3.8, 4) is 0 Å². The van der Waals surface area contributed by atoms with Crippen molar-refractivity contribution < 1.29 is 19.4 Å². The number of hydrogen-bond donors (Lipinski definition) is 1. The number of benzene rings is 1. The molecule has 1 saturated heterocycles. The molecule has 3 rings (SSSR count). The number of aliphatic carboxylic acids is 1. The van der Waals surface area contributed by atoms with E-state index in [4.69, 9.17) is 9.84 Å². The van der Waals surface area contributed by atoms with Crippen LogP contribution in [0.1, 0.15) is 24.8 Å². The second kappa shape index (κ2) is 5.25. The Kier molecular flexibility index (Phi) is 3.44. The number of carboxylic acid groups (broad SMARTS) is 1. The molecular formula is C15H17NO4. The molecule has 0 saturated carbocycles. The zero-order valence-corrected chi connectivity index (χ0v) is 11.1. The standard InChI is InChI=1S/C15H17NO4/c17-14(12-7-8-13(20-12)15(18)19)16-9-3-5-10-4-1-2-6-11(10)16/h1-2,4,6,12-13H,3,5,7-9H2,(H,18,19)/t12-,13+/m0/s1. The first-order valence-electron chi connectivity index (χ1n) is 6.94. The van der Waals surface area contributed by atoms with Crippen LogP contribution in [-0.2, 0) is 20.7 Å². The van der Waals surface area contributed by atoms with Crippen LogP contribution in [-0.4, -0.2) is 35.7 Å². The van der Waals surface area contributed by atoms with Crippen LogP contribution in [0.5, 0.6) is 0 Å². The molecule has 2 aliphatic heterocycles. The smallest absolute Gasteiger partial charge is 0.332 e. The van der Waals surface area contributed by atoms with Crippen LogP contribution in [0, 0.1) is 0 Å². The maximum Gasteiger partial charge on any atom is 0.332 e. The topological polar surface area (TPSA) is 66.8 Å². The molecule has 1 amide bonds. The molecule has 1 N–H and O–H groups in total. The van der Waals surface area contributed by atoms with Crippen molar-refractivity contribution in [2.45, 2.75) is 37.9 Å². The molecule has 0 aliphatic carbocycles. The Morgan fingerprint density at radius 1 is 1.20 bits per heavy atom. The van der Waals surface area contributed by atoms with Crippen molar-refractivity contribution >= 4 is 17.6 Å². The third kappa shape index (κ3) is 2.29. The lowest BCUT2D eigenvalue weighted by Gasteiger charge is -2.31. The Bertz CT molecular complexity index is 542. The number of amides is 1. The Labute approximate surface area is 117 Å². The SMILES string of the molecule is O=C(O)[C@H]1CC[C@@H](C(=O)N2CCCc3ccccc32)O1. The van der Waals surface area contributed by atoms with Gasteiger partial charge in [-0.25, -0.2) is 4.79 Å². The van der Waals surface area contributed by atoms with Gasteiger partial charge in [-0.15, -0.1) is 0 Å². The van der Waals surface area contributed by atoms with Gasteiger partial charge in [0, 0.05) is 12.2 Å². The van der Waals surface area contributed by atoms with Crippen molar-refractivity contribution in [3.63, 3.8) is 0 Å². The molecule has 1 aromatic rings. The van der Waals surface area contributed by atoms with Gasteiger partial charge in [-0.1, -0.05) is 18.2 Å². The number of rotatable bonds is 2. The molecule has 0 spiro atoms. The quantitative estimate of drug-likeness (QED) is 0.890. The number of carboxylic acids is 1. The first-order chi connectivity index (χ1) is 9.66. The van der Waals surface area contributed by atoms with Crippen LogP contribution >= 0.6 is 0 Å². The van der Waals surface area contributed by atoms with E-state index < -0.39 is 18.2 Å². The lowest BCUT2D eigenvalue weighted by molar-refractivity contribution is -0.151. The lowest BCUT2D eigenvalue weighted by Crippen LogP contribution is -2.42. The molecule has 0 aromatic heterocycles. The number of fused-ring (bicyclic) bond motifs is 1. The molecular weight excluding hydrogens is 258 g/mol. The molecule has 20 heavy (non-hydrogen) atoms. The number of para-hydroxylation sites is 1. The summed E-state index contributed by atoms with van der Waals surface area (Å²) in [6, 6.07) is 7.86. The predicted molar refractivity (Wildman–Crippen MR) is 72.6 cm³/mol.